The molecule has 3 rings (SSSR count). The van der Waals surface area contributed by atoms with Crippen LogP contribution >= 0.6 is 27.3 Å². The quantitative estimate of drug-likeness (QED) is 0.681. The Labute approximate surface area is 173 Å². The van der Waals surface area contributed by atoms with Crippen LogP contribution in [0.2, 0.25) is 0 Å². The van der Waals surface area contributed by atoms with Crippen LogP contribution in [0.1, 0.15) is 36.7 Å². The fourth-order valence-corrected chi connectivity index (χ4v) is 6.58. The first kappa shape index (κ1) is 20.5. The van der Waals surface area contributed by atoms with Crippen LogP contribution in [0.3, 0.4) is 0 Å². The number of benzene rings is 1. The molecule has 0 radical (unpaired) electrons. The van der Waals surface area contributed by atoms with E-state index in [1.165, 1.54) is 21.2 Å². The van der Waals surface area contributed by atoms with E-state index in [4.69, 9.17) is 0 Å². The van der Waals surface area contributed by atoms with E-state index in [9.17, 15) is 13.2 Å². The van der Waals surface area contributed by atoms with Gasteiger partial charge in [0.1, 0.15) is 4.21 Å². The van der Waals surface area contributed by atoms with E-state index in [2.05, 4.69) is 36.7 Å². The predicted molar refractivity (Wildman–Crippen MR) is 112 cm³/mol. The van der Waals surface area contributed by atoms with Crippen LogP contribution in [0.5, 0.6) is 0 Å². The van der Waals surface area contributed by atoms with E-state index < -0.39 is 10.0 Å². The third-order valence-corrected chi connectivity index (χ3v) is 8.66. The van der Waals surface area contributed by atoms with Gasteiger partial charge in [-0.05, 0) is 51.2 Å². The Kier molecular flexibility index (Phi) is 5.82. The molecule has 0 saturated carbocycles. The van der Waals surface area contributed by atoms with Crippen molar-refractivity contribution in [3.63, 3.8) is 0 Å². The third-order valence-electron chi connectivity index (χ3n) is 4.67. The highest BCUT2D eigenvalue weighted by Crippen LogP contribution is 2.29. The van der Waals surface area contributed by atoms with Gasteiger partial charge in [0.05, 0.1) is 3.79 Å². The monoisotopic (exact) mass is 470 g/mol. The minimum absolute atomic E-state index is 0.0400. The molecule has 1 saturated heterocycles. The number of hydrogen-bond donors (Lipinski definition) is 0. The summed E-state index contributed by atoms with van der Waals surface area (Å²) in [6, 6.07) is 11.0. The summed E-state index contributed by atoms with van der Waals surface area (Å²) in [5.41, 5.74) is 1.86. The largest absolute Gasteiger partial charge is 0.336 e. The van der Waals surface area contributed by atoms with Crippen LogP contribution in [0, 0.1) is 0 Å². The fraction of sp³-hybridized carbons (Fsp3) is 0.421. The van der Waals surface area contributed by atoms with E-state index in [0.29, 0.717) is 36.0 Å². The van der Waals surface area contributed by atoms with Gasteiger partial charge in [0.2, 0.25) is 0 Å². The Morgan fingerprint density at radius 2 is 1.59 bits per heavy atom. The van der Waals surface area contributed by atoms with Crippen molar-refractivity contribution in [2.45, 2.75) is 30.4 Å². The van der Waals surface area contributed by atoms with Gasteiger partial charge in [-0.2, -0.15) is 4.31 Å². The lowest BCUT2D eigenvalue weighted by molar-refractivity contribution is 0.0698. The zero-order chi connectivity index (χ0) is 19.8. The van der Waals surface area contributed by atoms with Crippen LogP contribution in [0.15, 0.2) is 44.4 Å². The number of piperazine rings is 1. The molecule has 0 N–H and O–H groups in total. The Morgan fingerprint density at radius 1 is 1.00 bits per heavy atom. The molecule has 0 unspecified atom stereocenters. The molecule has 1 aliphatic rings. The maximum Gasteiger partial charge on any atom is 0.253 e. The van der Waals surface area contributed by atoms with E-state index in [1.807, 2.05) is 24.3 Å². The van der Waals surface area contributed by atoms with Gasteiger partial charge in [-0.25, -0.2) is 8.42 Å². The van der Waals surface area contributed by atoms with Crippen molar-refractivity contribution in [3.8, 4) is 0 Å². The first-order valence-electron chi connectivity index (χ1n) is 8.74. The number of carbonyl (C=O) groups is 1. The normalized spacial score (nSPS) is 16.5. The number of halogens is 1. The van der Waals surface area contributed by atoms with Crippen LogP contribution in [0.4, 0.5) is 0 Å². The molecule has 0 spiro atoms. The summed E-state index contributed by atoms with van der Waals surface area (Å²) in [6.07, 6.45) is 0. The second kappa shape index (κ2) is 7.66. The maximum absolute atomic E-state index is 12.7. The summed E-state index contributed by atoms with van der Waals surface area (Å²) >= 11 is 4.50. The Hall–Kier alpha value is -1.22. The highest BCUT2D eigenvalue weighted by Gasteiger charge is 2.31. The summed E-state index contributed by atoms with van der Waals surface area (Å²) in [7, 11) is -3.49. The minimum Gasteiger partial charge on any atom is -0.336 e. The van der Waals surface area contributed by atoms with Gasteiger partial charge < -0.3 is 4.90 Å². The van der Waals surface area contributed by atoms with Crippen LogP contribution in [-0.2, 0) is 15.4 Å². The second-order valence-electron chi connectivity index (χ2n) is 7.58. The Morgan fingerprint density at radius 3 is 2.07 bits per heavy atom. The number of rotatable bonds is 3. The number of thiophene rings is 1. The summed E-state index contributed by atoms with van der Waals surface area (Å²) in [5.74, 6) is -0.0497. The lowest BCUT2D eigenvalue weighted by Gasteiger charge is -2.33. The fourth-order valence-electron chi connectivity index (χ4n) is 2.99. The number of hydrogen-bond acceptors (Lipinski definition) is 4. The number of amides is 1. The van der Waals surface area contributed by atoms with Crippen molar-refractivity contribution in [1.29, 1.82) is 0 Å². The standard InChI is InChI=1S/C19H23BrN2O3S2/c1-19(2,3)15-6-4-14(5-7-15)18(23)21-10-12-22(13-11-21)27(24,25)17-9-8-16(20)26-17/h4-9H,10-13H2,1-3H3. The van der Waals surface area contributed by atoms with Crippen LogP contribution < -0.4 is 0 Å². The highest BCUT2D eigenvalue weighted by atomic mass is 79.9. The van der Waals surface area contributed by atoms with E-state index >= 15 is 0 Å². The molecule has 1 aliphatic heterocycles. The lowest BCUT2D eigenvalue weighted by Crippen LogP contribution is -2.50. The van der Waals surface area contributed by atoms with Crippen molar-refractivity contribution in [1.82, 2.24) is 9.21 Å². The first-order chi connectivity index (χ1) is 12.6. The van der Waals surface area contributed by atoms with Crippen LogP contribution in [0.25, 0.3) is 0 Å². The molecule has 0 bridgehead atoms. The third kappa shape index (κ3) is 4.45. The van der Waals surface area contributed by atoms with Crippen molar-refractivity contribution in [2.75, 3.05) is 26.2 Å². The zero-order valence-electron chi connectivity index (χ0n) is 15.6. The smallest absolute Gasteiger partial charge is 0.253 e. The van der Waals surface area contributed by atoms with Gasteiger partial charge in [0.15, 0.2) is 0 Å². The molecule has 0 aliphatic carbocycles. The zero-order valence-corrected chi connectivity index (χ0v) is 18.8. The molecular weight excluding hydrogens is 448 g/mol. The number of sulfonamides is 1. The summed E-state index contributed by atoms with van der Waals surface area (Å²) in [4.78, 5) is 14.5. The lowest BCUT2D eigenvalue weighted by atomic mass is 9.86. The summed E-state index contributed by atoms with van der Waals surface area (Å²) < 4.78 is 27.9. The SMILES string of the molecule is CC(C)(C)c1ccc(C(=O)N2CCN(S(=O)(=O)c3ccc(Br)s3)CC2)cc1. The predicted octanol–water partition coefficient (Wildman–Crippen LogP) is 3.95. The molecule has 1 aromatic heterocycles. The molecular formula is C19H23BrN2O3S2. The van der Waals surface area contributed by atoms with Crippen molar-refractivity contribution >= 4 is 43.2 Å². The van der Waals surface area contributed by atoms with E-state index in [1.54, 1.807) is 17.0 Å². The van der Waals surface area contributed by atoms with Crippen LogP contribution in [-0.4, -0.2) is 49.7 Å². The molecule has 0 atom stereocenters. The number of carbonyl (C=O) groups excluding carboxylic acids is 1. The van der Waals surface area contributed by atoms with Gasteiger partial charge in [-0.1, -0.05) is 32.9 Å². The molecule has 5 nitrogen and oxygen atoms in total. The molecule has 8 heteroatoms. The first-order valence-corrected chi connectivity index (χ1v) is 11.8. The average Bonchev–Trinajstić information content (AvgIpc) is 3.08. The second-order valence-corrected chi connectivity index (χ2v) is 12.2. The van der Waals surface area contributed by atoms with E-state index in [0.717, 1.165) is 3.79 Å². The Balaban J connectivity index is 1.66. The highest BCUT2D eigenvalue weighted by molar-refractivity contribution is 9.11. The van der Waals surface area contributed by atoms with Gasteiger partial charge in [0.25, 0.3) is 15.9 Å². The number of nitrogens with zero attached hydrogens (tertiary/aromatic N) is 2. The molecule has 27 heavy (non-hydrogen) atoms. The van der Waals surface area contributed by atoms with E-state index in [-0.39, 0.29) is 11.3 Å². The summed E-state index contributed by atoms with van der Waals surface area (Å²) in [5, 5.41) is 0. The van der Waals surface area contributed by atoms with Crippen molar-refractivity contribution < 1.29 is 13.2 Å². The van der Waals surface area contributed by atoms with Crippen molar-refractivity contribution in [3.05, 3.63) is 51.3 Å². The van der Waals surface area contributed by atoms with Gasteiger partial charge >= 0.3 is 0 Å². The average molecular weight is 471 g/mol. The van der Waals surface area contributed by atoms with Gasteiger partial charge in [0, 0.05) is 31.7 Å². The van der Waals surface area contributed by atoms with Crippen molar-refractivity contribution in [2.24, 2.45) is 0 Å². The molecule has 1 fully saturated rings. The topological polar surface area (TPSA) is 57.7 Å². The maximum atomic E-state index is 12.7. The molecule has 146 valence electrons. The minimum atomic E-state index is -3.49. The molecule has 1 amide bonds. The molecule has 2 aromatic rings. The molecule has 2 heterocycles. The molecule has 1 aromatic carbocycles. The van der Waals surface area contributed by atoms with Gasteiger partial charge in [-0.3, -0.25) is 4.79 Å². The summed E-state index contributed by atoms with van der Waals surface area (Å²) in [6.45, 7) is 7.81. The Bertz CT molecular complexity index is 923. The van der Waals surface area contributed by atoms with Gasteiger partial charge in [-0.15, -0.1) is 11.3 Å².